The maximum absolute atomic E-state index is 13.2. The summed E-state index contributed by atoms with van der Waals surface area (Å²) in [6.07, 6.45) is 1.33. The van der Waals surface area contributed by atoms with Gasteiger partial charge in [-0.1, -0.05) is 42.5 Å². The normalized spacial score (nSPS) is 10.8. The molecule has 0 atom stereocenters. The molecule has 0 aliphatic carbocycles. The number of rotatable bonds is 5. The average molecular weight is 433 g/mol. The fourth-order valence-electron chi connectivity index (χ4n) is 3.31. The van der Waals surface area contributed by atoms with Gasteiger partial charge in [-0.3, -0.25) is 19.8 Å². The first kappa shape index (κ1) is 20.5. The van der Waals surface area contributed by atoms with Crippen molar-refractivity contribution in [2.24, 2.45) is 0 Å². The quantitative estimate of drug-likeness (QED) is 0.505. The van der Waals surface area contributed by atoms with Gasteiger partial charge in [0.15, 0.2) is 0 Å². The van der Waals surface area contributed by atoms with E-state index in [1.165, 1.54) is 24.6 Å². The second-order valence-corrected chi connectivity index (χ2v) is 8.25. The molecule has 0 bridgehead atoms. The first-order chi connectivity index (χ1) is 14.9. The van der Waals surface area contributed by atoms with Crippen LogP contribution in [0.4, 0.5) is 0 Å². The monoisotopic (exact) mass is 432 g/mol. The summed E-state index contributed by atoms with van der Waals surface area (Å²) in [5.74, 6) is -0.551. The lowest BCUT2D eigenvalue weighted by molar-refractivity contribution is -0.119. The van der Waals surface area contributed by atoms with Crippen molar-refractivity contribution in [3.63, 3.8) is 0 Å². The molecular formula is C23H20N4O3S. The molecule has 2 heterocycles. The Morgan fingerprint density at radius 1 is 1.06 bits per heavy atom. The third-order valence-electron chi connectivity index (χ3n) is 4.83. The summed E-state index contributed by atoms with van der Waals surface area (Å²) in [5.41, 5.74) is 5.32. The molecule has 156 valence electrons. The molecule has 2 aromatic heterocycles. The van der Waals surface area contributed by atoms with Gasteiger partial charge in [0, 0.05) is 29.5 Å². The van der Waals surface area contributed by atoms with E-state index in [-0.39, 0.29) is 11.5 Å². The smallest absolute Gasteiger partial charge is 0.281 e. The predicted octanol–water partition coefficient (Wildman–Crippen LogP) is 3.45. The number of hydrogen-bond acceptors (Lipinski definition) is 5. The maximum Gasteiger partial charge on any atom is 0.281 e. The molecule has 0 aliphatic heterocycles. The molecule has 7 nitrogen and oxygen atoms in total. The number of amides is 2. The summed E-state index contributed by atoms with van der Waals surface area (Å²) < 4.78 is 1.12. The molecule has 31 heavy (non-hydrogen) atoms. The molecule has 4 aromatic rings. The molecule has 8 heteroatoms. The highest BCUT2D eigenvalue weighted by atomic mass is 32.1. The molecule has 2 aromatic carbocycles. The number of thiophene rings is 1. The van der Waals surface area contributed by atoms with Crippen LogP contribution in [-0.4, -0.2) is 21.5 Å². The minimum atomic E-state index is -0.428. The summed E-state index contributed by atoms with van der Waals surface area (Å²) >= 11 is 1.45. The number of benzene rings is 2. The SMILES string of the molecule is CC(=O)NCc1ccc(C(=O)Nn2cnc3sc(C)c(-c4ccccc4)c3c2=O)cc1. The number of aromatic nitrogens is 2. The topological polar surface area (TPSA) is 93.1 Å². The second kappa shape index (κ2) is 8.53. The number of carbonyl (C=O) groups excluding carboxylic acids is 2. The standard InChI is InChI=1S/C23H20N4O3S/c1-14-19(17-6-4-3-5-7-17)20-22(31-14)25-13-27(23(20)30)26-21(29)18-10-8-16(9-11-18)12-24-15(2)28/h3-11,13H,12H2,1-2H3,(H,24,28)(H,26,29). The Kier molecular flexibility index (Phi) is 5.64. The summed E-state index contributed by atoms with van der Waals surface area (Å²) in [6, 6.07) is 16.5. The van der Waals surface area contributed by atoms with E-state index in [4.69, 9.17) is 0 Å². The van der Waals surface area contributed by atoms with Crippen molar-refractivity contribution in [1.29, 1.82) is 0 Å². The minimum absolute atomic E-state index is 0.123. The van der Waals surface area contributed by atoms with Crippen LogP contribution in [0.2, 0.25) is 0 Å². The molecular weight excluding hydrogens is 412 g/mol. The van der Waals surface area contributed by atoms with E-state index >= 15 is 0 Å². The number of hydrogen-bond donors (Lipinski definition) is 2. The van der Waals surface area contributed by atoms with Crippen molar-refractivity contribution in [2.45, 2.75) is 20.4 Å². The molecule has 0 spiro atoms. The van der Waals surface area contributed by atoms with Gasteiger partial charge in [-0.25, -0.2) is 9.66 Å². The maximum atomic E-state index is 13.2. The van der Waals surface area contributed by atoms with E-state index in [2.05, 4.69) is 15.7 Å². The van der Waals surface area contributed by atoms with E-state index < -0.39 is 5.91 Å². The van der Waals surface area contributed by atoms with Gasteiger partial charge < -0.3 is 5.32 Å². The largest absolute Gasteiger partial charge is 0.352 e. The van der Waals surface area contributed by atoms with Crippen molar-refractivity contribution in [3.05, 3.63) is 87.3 Å². The van der Waals surface area contributed by atoms with Crippen LogP contribution in [0.15, 0.2) is 65.7 Å². The Balaban J connectivity index is 1.63. The number of fused-ring (bicyclic) bond motifs is 1. The van der Waals surface area contributed by atoms with Gasteiger partial charge in [0.05, 0.1) is 5.39 Å². The molecule has 2 amide bonds. The van der Waals surface area contributed by atoms with Crippen molar-refractivity contribution < 1.29 is 9.59 Å². The molecule has 0 aliphatic rings. The Bertz CT molecular complexity index is 1320. The Morgan fingerprint density at radius 2 is 1.77 bits per heavy atom. The Labute approximate surface area is 182 Å². The fourth-order valence-corrected chi connectivity index (χ4v) is 4.31. The number of nitrogens with zero attached hydrogens (tertiary/aromatic N) is 2. The van der Waals surface area contributed by atoms with E-state index in [1.807, 2.05) is 37.3 Å². The van der Waals surface area contributed by atoms with Crippen LogP contribution in [0.5, 0.6) is 0 Å². The van der Waals surface area contributed by atoms with Crippen molar-refractivity contribution in [3.8, 4) is 11.1 Å². The molecule has 0 fully saturated rings. The van der Waals surface area contributed by atoms with Gasteiger partial charge in [0.25, 0.3) is 11.5 Å². The lowest BCUT2D eigenvalue weighted by Crippen LogP contribution is -2.33. The number of nitrogens with one attached hydrogen (secondary N) is 2. The third kappa shape index (κ3) is 4.24. The summed E-state index contributed by atoms with van der Waals surface area (Å²) in [4.78, 5) is 42.9. The van der Waals surface area contributed by atoms with Crippen LogP contribution in [0.1, 0.15) is 27.7 Å². The van der Waals surface area contributed by atoms with Crippen molar-refractivity contribution >= 4 is 33.4 Å². The zero-order valence-electron chi connectivity index (χ0n) is 17.0. The predicted molar refractivity (Wildman–Crippen MR) is 122 cm³/mol. The van der Waals surface area contributed by atoms with Gasteiger partial charge >= 0.3 is 0 Å². The number of aryl methyl sites for hydroxylation is 1. The highest BCUT2D eigenvalue weighted by Crippen LogP contribution is 2.35. The summed E-state index contributed by atoms with van der Waals surface area (Å²) in [6.45, 7) is 3.79. The lowest BCUT2D eigenvalue weighted by Gasteiger charge is -2.09. The van der Waals surface area contributed by atoms with E-state index in [0.29, 0.717) is 22.3 Å². The molecule has 0 saturated heterocycles. The zero-order valence-corrected chi connectivity index (χ0v) is 17.8. The van der Waals surface area contributed by atoms with E-state index in [0.717, 1.165) is 26.2 Å². The van der Waals surface area contributed by atoms with E-state index in [1.54, 1.807) is 24.3 Å². The van der Waals surface area contributed by atoms with Crippen LogP contribution in [0.3, 0.4) is 0 Å². The van der Waals surface area contributed by atoms with Crippen molar-refractivity contribution in [1.82, 2.24) is 15.0 Å². The fraction of sp³-hybridized carbons (Fsp3) is 0.130. The third-order valence-corrected chi connectivity index (χ3v) is 5.84. The summed E-state index contributed by atoms with van der Waals surface area (Å²) in [5, 5.41) is 3.19. The van der Waals surface area contributed by atoms with Crippen LogP contribution in [0.25, 0.3) is 21.3 Å². The van der Waals surface area contributed by atoms with Gasteiger partial charge in [-0.2, -0.15) is 0 Å². The van der Waals surface area contributed by atoms with Crippen LogP contribution >= 0.6 is 11.3 Å². The van der Waals surface area contributed by atoms with Crippen LogP contribution < -0.4 is 16.3 Å². The Hall–Kier alpha value is -3.78. The zero-order chi connectivity index (χ0) is 22.0. The molecule has 4 rings (SSSR count). The number of carbonyl (C=O) groups is 2. The Morgan fingerprint density at radius 3 is 2.45 bits per heavy atom. The average Bonchev–Trinajstić information content (AvgIpc) is 3.11. The lowest BCUT2D eigenvalue weighted by atomic mass is 10.0. The summed E-state index contributed by atoms with van der Waals surface area (Å²) in [7, 11) is 0. The highest BCUT2D eigenvalue weighted by molar-refractivity contribution is 7.19. The first-order valence-electron chi connectivity index (χ1n) is 9.65. The molecule has 0 unspecified atom stereocenters. The second-order valence-electron chi connectivity index (χ2n) is 7.05. The van der Waals surface area contributed by atoms with Crippen LogP contribution in [-0.2, 0) is 11.3 Å². The van der Waals surface area contributed by atoms with Crippen LogP contribution in [0, 0.1) is 6.92 Å². The minimum Gasteiger partial charge on any atom is -0.352 e. The van der Waals surface area contributed by atoms with Crippen molar-refractivity contribution in [2.75, 3.05) is 5.43 Å². The van der Waals surface area contributed by atoms with E-state index in [9.17, 15) is 14.4 Å². The van der Waals surface area contributed by atoms with Gasteiger partial charge in [-0.05, 0) is 30.2 Å². The van der Waals surface area contributed by atoms with Gasteiger partial charge in [0.2, 0.25) is 5.91 Å². The molecule has 2 N–H and O–H groups in total. The highest BCUT2D eigenvalue weighted by Gasteiger charge is 2.17. The first-order valence-corrected chi connectivity index (χ1v) is 10.5. The van der Waals surface area contributed by atoms with Gasteiger partial charge in [0.1, 0.15) is 11.2 Å². The molecule has 0 saturated carbocycles. The van der Waals surface area contributed by atoms with Gasteiger partial charge in [-0.15, -0.1) is 11.3 Å². The molecule has 0 radical (unpaired) electrons.